The molecule has 2 heterocycles. The van der Waals surface area contributed by atoms with Crippen LogP contribution in [-0.2, 0) is 31.0 Å². The van der Waals surface area contributed by atoms with Gasteiger partial charge in [0.05, 0.1) is 11.1 Å². The minimum atomic E-state index is -1.03. The van der Waals surface area contributed by atoms with Crippen LogP contribution in [0.25, 0.3) is 22.0 Å². The van der Waals surface area contributed by atoms with Crippen molar-refractivity contribution in [2.75, 3.05) is 6.54 Å². The number of pyridine rings is 1. The molecule has 10 nitrogen and oxygen atoms in total. The molecule has 0 aliphatic carbocycles. The zero-order valence-corrected chi connectivity index (χ0v) is 26.3. The number of hydrogen-bond acceptors (Lipinski definition) is 6. The van der Waals surface area contributed by atoms with E-state index in [1.54, 1.807) is 6.92 Å². The first kappa shape index (κ1) is 32.6. The lowest BCUT2D eigenvalue weighted by molar-refractivity contribution is -0.148. The van der Waals surface area contributed by atoms with E-state index in [4.69, 9.17) is 0 Å². The van der Waals surface area contributed by atoms with Crippen molar-refractivity contribution in [2.45, 2.75) is 84.3 Å². The van der Waals surface area contributed by atoms with Crippen LogP contribution in [-0.4, -0.2) is 63.5 Å². The Morgan fingerprint density at radius 3 is 2.48 bits per heavy atom. The Morgan fingerprint density at radius 1 is 1.05 bits per heavy atom. The Morgan fingerprint density at radius 2 is 1.80 bits per heavy atom. The maximum absolute atomic E-state index is 13.7. The standard InChI is InChI=1S/C34H43N5O5/c1-7-22-13-14-24-19-35-28(18-25(24)16-22)23-10-8-11-26(17-23)34(5,6)33(44)37-29(20(2)3)30(40)36-21(4)31(41)39-15-9-12-27(38-39)32(42)43/h8,10-11,13-14,16-21,27,29,38H,7,9,12,15H2,1-6H3,(H,36,40)(H,37,44)(H,42,43). The van der Waals surface area contributed by atoms with E-state index in [2.05, 4.69) is 52.2 Å². The van der Waals surface area contributed by atoms with Gasteiger partial charge in [0, 0.05) is 23.7 Å². The SMILES string of the molecule is CCc1ccc2cnc(-c3cccc(C(C)(C)C(=O)NC(C(=O)NC(C)C(=O)N4CCCC(C(=O)O)N4)C(C)C)c3)cc2c1. The Hall–Kier alpha value is -4.31. The van der Waals surface area contributed by atoms with Crippen molar-refractivity contribution < 1.29 is 24.3 Å². The zero-order valence-electron chi connectivity index (χ0n) is 26.3. The van der Waals surface area contributed by atoms with Gasteiger partial charge >= 0.3 is 5.97 Å². The number of hydrogen-bond donors (Lipinski definition) is 4. The molecule has 1 saturated heterocycles. The molecular formula is C34H43N5O5. The van der Waals surface area contributed by atoms with E-state index in [1.807, 2.05) is 58.2 Å². The molecule has 3 unspecified atom stereocenters. The lowest BCUT2D eigenvalue weighted by atomic mass is 9.82. The Balaban J connectivity index is 1.47. The minimum Gasteiger partial charge on any atom is -0.480 e. The second-order valence-electron chi connectivity index (χ2n) is 12.4. The number of carboxylic acid groups (broad SMARTS) is 1. The predicted molar refractivity (Wildman–Crippen MR) is 169 cm³/mol. The quantitative estimate of drug-likeness (QED) is 0.276. The molecule has 0 spiro atoms. The number of nitrogens with zero attached hydrogens (tertiary/aromatic N) is 2. The summed E-state index contributed by atoms with van der Waals surface area (Å²) in [5.41, 5.74) is 5.44. The van der Waals surface area contributed by atoms with Gasteiger partial charge in [-0.3, -0.25) is 29.2 Å². The molecule has 0 radical (unpaired) electrons. The van der Waals surface area contributed by atoms with Gasteiger partial charge in [-0.15, -0.1) is 0 Å². The number of aliphatic carboxylic acids is 1. The summed E-state index contributed by atoms with van der Waals surface area (Å²) in [5.74, 6) is -2.55. The van der Waals surface area contributed by atoms with Gasteiger partial charge < -0.3 is 15.7 Å². The van der Waals surface area contributed by atoms with Crippen molar-refractivity contribution in [3.05, 3.63) is 65.9 Å². The lowest BCUT2D eigenvalue weighted by Crippen LogP contribution is -2.61. The Bertz CT molecular complexity index is 1550. The van der Waals surface area contributed by atoms with Crippen LogP contribution in [0.2, 0.25) is 0 Å². The van der Waals surface area contributed by atoms with Crippen molar-refractivity contribution >= 4 is 34.5 Å². The molecule has 3 atom stereocenters. The second kappa shape index (κ2) is 13.5. The number of rotatable bonds is 10. The van der Waals surface area contributed by atoms with Crippen LogP contribution in [0.5, 0.6) is 0 Å². The molecule has 1 aliphatic rings. The summed E-state index contributed by atoms with van der Waals surface area (Å²) in [7, 11) is 0. The summed E-state index contributed by atoms with van der Waals surface area (Å²) < 4.78 is 0. The van der Waals surface area contributed by atoms with Crippen molar-refractivity contribution in [3.63, 3.8) is 0 Å². The van der Waals surface area contributed by atoms with Crippen LogP contribution in [0.1, 0.15) is 65.5 Å². The molecule has 0 bridgehead atoms. The van der Waals surface area contributed by atoms with E-state index in [-0.39, 0.29) is 11.8 Å². The van der Waals surface area contributed by atoms with Gasteiger partial charge in [0.15, 0.2) is 0 Å². The topological polar surface area (TPSA) is 141 Å². The summed E-state index contributed by atoms with van der Waals surface area (Å²) in [6.07, 6.45) is 3.75. The Labute approximate surface area is 258 Å². The van der Waals surface area contributed by atoms with Gasteiger partial charge in [-0.1, -0.05) is 57.2 Å². The van der Waals surface area contributed by atoms with Crippen LogP contribution in [0.4, 0.5) is 0 Å². The average molecular weight is 602 g/mol. The fraction of sp³-hybridized carbons (Fsp3) is 0.441. The highest BCUT2D eigenvalue weighted by Gasteiger charge is 2.36. The summed E-state index contributed by atoms with van der Waals surface area (Å²) in [6.45, 7) is 11.3. The maximum atomic E-state index is 13.7. The normalized spacial score (nSPS) is 16.8. The third kappa shape index (κ3) is 7.24. The molecular weight excluding hydrogens is 558 g/mol. The number of amides is 3. The van der Waals surface area contributed by atoms with Crippen LogP contribution in [0.15, 0.2) is 54.7 Å². The van der Waals surface area contributed by atoms with Crippen LogP contribution in [0, 0.1) is 5.92 Å². The molecule has 10 heteroatoms. The summed E-state index contributed by atoms with van der Waals surface area (Å²) in [6, 6.07) is 13.5. The molecule has 4 rings (SSSR count). The number of fused-ring (bicyclic) bond motifs is 1. The molecule has 234 valence electrons. The number of hydrazine groups is 1. The highest BCUT2D eigenvalue weighted by Crippen LogP contribution is 2.29. The van der Waals surface area contributed by atoms with E-state index in [9.17, 15) is 24.3 Å². The number of nitrogens with one attached hydrogen (secondary N) is 3. The third-order valence-corrected chi connectivity index (χ3v) is 8.36. The molecule has 3 amide bonds. The number of benzene rings is 2. The number of carbonyl (C=O) groups is 4. The van der Waals surface area contributed by atoms with Gasteiger partial charge in [0.1, 0.15) is 18.1 Å². The monoisotopic (exact) mass is 601 g/mol. The van der Waals surface area contributed by atoms with Crippen molar-refractivity contribution in [2.24, 2.45) is 5.92 Å². The number of carboxylic acids is 1. The maximum Gasteiger partial charge on any atom is 0.322 e. The molecule has 1 aliphatic heterocycles. The zero-order chi connectivity index (χ0) is 32.2. The van der Waals surface area contributed by atoms with E-state index in [0.717, 1.165) is 34.0 Å². The average Bonchev–Trinajstić information content (AvgIpc) is 3.02. The van der Waals surface area contributed by atoms with E-state index in [1.165, 1.54) is 10.6 Å². The summed E-state index contributed by atoms with van der Waals surface area (Å²) in [4.78, 5) is 56.0. The first-order valence-electron chi connectivity index (χ1n) is 15.2. The molecule has 2 aromatic carbocycles. The van der Waals surface area contributed by atoms with Gasteiger partial charge in [0.25, 0.3) is 5.91 Å². The predicted octanol–water partition coefficient (Wildman–Crippen LogP) is 3.97. The molecule has 1 fully saturated rings. The van der Waals surface area contributed by atoms with Crippen molar-refractivity contribution in [1.29, 1.82) is 0 Å². The third-order valence-electron chi connectivity index (χ3n) is 8.36. The Kier molecular flexibility index (Phi) is 10.0. The number of carbonyl (C=O) groups excluding carboxylic acids is 3. The molecule has 1 aromatic heterocycles. The molecule has 4 N–H and O–H groups in total. The molecule has 44 heavy (non-hydrogen) atoms. The van der Waals surface area contributed by atoms with Gasteiger partial charge in [0.2, 0.25) is 11.8 Å². The molecule has 3 aromatic rings. The van der Waals surface area contributed by atoms with Crippen LogP contribution in [0.3, 0.4) is 0 Å². The minimum absolute atomic E-state index is 0.261. The lowest BCUT2D eigenvalue weighted by Gasteiger charge is -2.34. The first-order valence-corrected chi connectivity index (χ1v) is 15.2. The largest absolute Gasteiger partial charge is 0.480 e. The van der Waals surface area contributed by atoms with Crippen LogP contribution < -0.4 is 16.1 Å². The van der Waals surface area contributed by atoms with Gasteiger partial charge in [-0.05, 0) is 74.6 Å². The van der Waals surface area contributed by atoms with Crippen molar-refractivity contribution in [3.8, 4) is 11.3 Å². The smallest absolute Gasteiger partial charge is 0.322 e. The van der Waals surface area contributed by atoms with Gasteiger partial charge in [-0.2, -0.15) is 0 Å². The van der Waals surface area contributed by atoms with Gasteiger partial charge in [-0.25, -0.2) is 5.43 Å². The molecule has 0 saturated carbocycles. The first-order chi connectivity index (χ1) is 20.8. The summed E-state index contributed by atoms with van der Waals surface area (Å²) >= 11 is 0. The highest BCUT2D eigenvalue weighted by atomic mass is 16.4. The van der Waals surface area contributed by atoms with E-state index in [0.29, 0.717) is 19.4 Å². The fourth-order valence-electron chi connectivity index (χ4n) is 5.35. The fourth-order valence-corrected chi connectivity index (χ4v) is 5.35. The second-order valence-corrected chi connectivity index (χ2v) is 12.4. The summed E-state index contributed by atoms with van der Waals surface area (Å²) in [5, 5.41) is 18.3. The highest BCUT2D eigenvalue weighted by molar-refractivity contribution is 5.95. The number of aryl methyl sites for hydroxylation is 1. The van der Waals surface area contributed by atoms with E-state index < -0.39 is 41.3 Å². The number of aromatic nitrogens is 1. The van der Waals surface area contributed by atoms with Crippen LogP contribution >= 0.6 is 0 Å². The van der Waals surface area contributed by atoms with Crippen molar-refractivity contribution in [1.82, 2.24) is 26.1 Å². The van der Waals surface area contributed by atoms with E-state index >= 15 is 0 Å².